The lowest BCUT2D eigenvalue weighted by Crippen LogP contribution is -2.04. The average molecular weight is 344 g/mol. The van der Waals surface area contributed by atoms with Gasteiger partial charge in [0.1, 0.15) is 0 Å². The van der Waals surface area contributed by atoms with Crippen molar-refractivity contribution in [2.75, 3.05) is 12.0 Å². The summed E-state index contributed by atoms with van der Waals surface area (Å²) in [4.78, 5) is 15.5. The molecule has 5 nitrogen and oxygen atoms in total. The zero-order valence-corrected chi connectivity index (χ0v) is 13.3. The number of ether oxygens (including phenoxy) is 1. The zero-order valence-electron chi connectivity index (χ0n) is 11.0. The third-order valence-corrected chi connectivity index (χ3v) is 3.79. The molecule has 8 heteroatoms. The highest BCUT2D eigenvalue weighted by atomic mass is 35.5. The van der Waals surface area contributed by atoms with Crippen LogP contribution in [0.3, 0.4) is 0 Å². The molecule has 0 radical (unpaired) electrons. The number of esters is 1. The topological polar surface area (TPSA) is 63.6 Å². The average Bonchev–Trinajstić information content (AvgIpc) is 2.92. The van der Waals surface area contributed by atoms with Crippen molar-refractivity contribution in [1.29, 1.82) is 0 Å². The van der Waals surface area contributed by atoms with Gasteiger partial charge in [-0.2, -0.15) is 5.10 Å². The summed E-state index contributed by atoms with van der Waals surface area (Å²) in [6.45, 7) is 2.06. The van der Waals surface area contributed by atoms with Crippen molar-refractivity contribution in [3.63, 3.8) is 0 Å². The standard InChI is InChI=1S/C13H11Cl2N3O2S/c1-2-20-12(19)11-7-21-13(17-11)18-16-6-8-3-4-9(14)10(15)5-8/h3-7H,2H2,1H3,(H,17,18)/b16-6+. The van der Waals surface area contributed by atoms with Gasteiger partial charge in [0, 0.05) is 5.38 Å². The molecule has 0 unspecified atom stereocenters. The molecule has 0 aliphatic heterocycles. The molecule has 0 saturated heterocycles. The number of hydrazone groups is 1. The maximum atomic E-state index is 11.5. The quantitative estimate of drug-likeness (QED) is 0.504. The molecule has 110 valence electrons. The van der Waals surface area contributed by atoms with Crippen LogP contribution >= 0.6 is 34.5 Å². The van der Waals surface area contributed by atoms with Gasteiger partial charge in [-0.15, -0.1) is 11.3 Å². The predicted octanol–water partition coefficient (Wildman–Crippen LogP) is 4.07. The summed E-state index contributed by atoms with van der Waals surface area (Å²) in [7, 11) is 0. The van der Waals surface area contributed by atoms with Gasteiger partial charge in [-0.3, -0.25) is 5.43 Å². The number of rotatable bonds is 5. The molecular weight excluding hydrogens is 333 g/mol. The minimum atomic E-state index is -0.449. The van der Waals surface area contributed by atoms with E-state index in [1.165, 1.54) is 11.3 Å². The summed E-state index contributed by atoms with van der Waals surface area (Å²) in [6, 6.07) is 5.17. The first-order valence-corrected chi connectivity index (χ1v) is 7.60. The van der Waals surface area contributed by atoms with Gasteiger partial charge in [0.25, 0.3) is 0 Å². The second kappa shape index (κ2) is 7.40. The number of hydrogen-bond donors (Lipinski definition) is 1. The Morgan fingerprint density at radius 3 is 3.00 bits per heavy atom. The molecule has 0 spiro atoms. The summed E-state index contributed by atoms with van der Waals surface area (Å²) < 4.78 is 4.85. The minimum Gasteiger partial charge on any atom is -0.461 e. The SMILES string of the molecule is CCOC(=O)c1csc(N/N=C/c2ccc(Cl)c(Cl)c2)n1. The van der Waals surface area contributed by atoms with E-state index in [1.807, 2.05) is 0 Å². The van der Waals surface area contributed by atoms with Crippen LogP contribution in [0.2, 0.25) is 10.0 Å². The van der Waals surface area contributed by atoms with E-state index in [0.29, 0.717) is 21.8 Å². The normalized spacial score (nSPS) is 10.8. The van der Waals surface area contributed by atoms with Crippen LogP contribution in [0.15, 0.2) is 28.7 Å². The van der Waals surface area contributed by atoms with Crippen LogP contribution in [-0.4, -0.2) is 23.8 Å². The van der Waals surface area contributed by atoms with E-state index < -0.39 is 5.97 Å². The van der Waals surface area contributed by atoms with E-state index in [-0.39, 0.29) is 5.69 Å². The van der Waals surface area contributed by atoms with Crippen molar-refractivity contribution >= 4 is 51.9 Å². The van der Waals surface area contributed by atoms with Crippen LogP contribution in [-0.2, 0) is 4.74 Å². The maximum Gasteiger partial charge on any atom is 0.357 e. The fourth-order valence-electron chi connectivity index (χ4n) is 1.38. The number of nitrogens with zero attached hydrogens (tertiary/aromatic N) is 2. The van der Waals surface area contributed by atoms with Crippen molar-refractivity contribution in [3.05, 3.63) is 44.9 Å². The molecule has 0 aliphatic rings. The molecule has 0 amide bonds. The van der Waals surface area contributed by atoms with Crippen molar-refractivity contribution < 1.29 is 9.53 Å². The first-order chi connectivity index (χ1) is 10.1. The van der Waals surface area contributed by atoms with E-state index in [9.17, 15) is 4.79 Å². The molecule has 1 aromatic heterocycles. The van der Waals surface area contributed by atoms with E-state index in [1.54, 1.807) is 36.7 Å². The Hall–Kier alpha value is -1.63. The number of carbonyl (C=O) groups is 1. The molecule has 0 atom stereocenters. The lowest BCUT2D eigenvalue weighted by Gasteiger charge is -1.98. The van der Waals surface area contributed by atoms with Gasteiger partial charge in [0.2, 0.25) is 5.13 Å². The molecule has 0 aliphatic carbocycles. The Bertz CT molecular complexity index is 673. The van der Waals surface area contributed by atoms with Crippen molar-refractivity contribution in [3.8, 4) is 0 Å². The number of halogens is 2. The van der Waals surface area contributed by atoms with Crippen molar-refractivity contribution in [2.45, 2.75) is 6.92 Å². The van der Waals surface area contributed by atoms with Crippen LogP contribution in [0, 0.1) is 0 Å². The Morgan fingerprint density at radius 2 is 2.29 bits per heavy atom. The third-order valence-electron chi connectivity index (χ3n) is 2.31. The zero-order chi connectivity index (χ0) is 15.2. The molecule has 0 saturated carbocycles. The van der Waals surface area contributed by atoms with Crippen LogP contribution in [0.1, 0.15) is 23.0 Å². The number of carbonyl (C=O) groups excluding carboxylic acids is 1. The summed E-state index contributed by atoms with van der Waals surface area (Å²) in [6.07, 6.45) is 1.58. The third kappa shape index (κ3) is 4.42. The van der Waals surface area contributed by atoms with E-state index in [4.69, 9.17) is 27.9 Å². The number of thiazole rings is 1. The van der Waals surface area contributed by atoms with E-state index in [2.05, 4.69) is 15.5 Å². The molecule has 21 heavy (non-hydrogen) atoms. The number of anilines is 1. The van der Waals surface area contributed by atoms with Gasteiger partial charge in [-0.25, -0.2) is 9.78 Å². The molecule has 1 N–H and O–H groups in total. The molecule has 2 rings (SSSR count). The van der Waals surface area contributed by atoms with Crippen LogP contribution in [0.4, 0.5) is 5.13 Å². The number of hydrogen-bond acceptors (Lipinski definition) is 6. The largest absolute Gasteiger partial charge is 0.461 e. The van der Waals surface area contributed by atoms with Gasteiger partial charge < -0.3 is 4.74 Å². The summed E-state index contributed by atoms with van der Waals surface area (Å²) in [5.41, 5.74) is 3.79. The Balaban J connectivity index is 1.98. The van der Waals surface area contributed by atoms with Gasteiger partial charge in [0.05, 0.1) is 22.9 Å². The summed E-state index contributed by atoms with van der Waals surface area (Å²) in [5, 5.41) is 7.07. The highest BCUT2D eigenvalue weighted by Crippen LogP contribution is 2.22. The lowest BCUT2D eigenvalue weighted by molar-refractivity contribution is 0.0520. The smallest absolute Gasteiger partial charge is 0.357 e. The van der Waals surface area contributed by atoms with Crippen molar-refractivity contribution in [2.24, 2.45) is 5.10 Å². The highest BCUT2D eigenvalue weighted by molar-refractivity contribution is 7.13. The Kier molecular flexibility index (Phi) is 5.55. The van der Waals surface area contributed by atoms with E-state index in [0.717, 1.165) is 5.56 Å². The van der Waals surface area contributed by atoms with Gasteiger partial charge >= 0.3 is 5.97 Å². The number of nitrogens with one attached hydrogen (secondary N) is 1. The molecule has 0 bridgehead atoms. The fraction of sp³-hybridized carbons (Fsp3) is 0.154. The molecule has 1 aromatic carbocycles. The first-order valence-electron chi connectivity index (χ1n) is 5.97. The first kappa shape index (κ1) is 15.8. The Labute approximate surface area is 135 Å². The number of aromatic nitrogens is 1. The lowest BCUT2D eigenvalue weighted by atomic mass is 10.2. The molecule has 2 aromatic rings. The highest BCUT2D eigenvalue weighted by Gasteiger charge is 2.10. The molecule has 0 fully saturated rings. The minimum absolute atomic E-state index is 0.258. The second-order valence-corrected chi connectivity index (χ2v) is 5.47. The summed E-state index contributed by atoms with van der Waals surface area (Å²) in [5.74, 6) is -0.449. The fourth-order valence-corrected chi connectivity index (χ4v) is 2.31. The van der Waals surface area contributed by atoms with E-state index >= 15 is 0 Å². The predicted molar refractivity (Wildman–Crippen MR) is 85.7 cm³/mol. The van der Waals surface area contributed by atoms with Gasteiger partial charge in [-0.1, -0.05) is 29.3 Å². The summed E-state index contributed by atoms with van der Waals surface area (Å²) >= 11 is 13.0. The number of benzene rings is 1. The maximum absolute atomic E-state index is 11.5. The Morgan fingerprint density at radius 1 is 1.48 bits per heavy atom. The van der Waals surface area contributed by atoms with Crippen LogP contribution in [0.25, 0.3) is 0 Å². The van der Waals surface area contributed by atoms with Gasteiger partial charge in [0.15, 0.2) is 5.69 Å². The van der Waals surface area contributed by atoms with Crippen LogP contribution in [0.5, 0.6) is 0 Å². The van der Waals surface area contributed by atoms with Crippen LogP contribution < -0.4 is 5.43 Å². The molecular formula is C13H11Cl2N3O2S. The second-order valence-electron chi connectivity index (χ2n) is 3.80. The monoisotopic (exact) mass is 343 g/mol. The van der Waals surface area contributed by atoms with Gasteiger partial charge in [-0.05, 0) is 24.6 Å². The molecule has 1 heterocycles. The van der Waals surface area contributed by atoms with Crippen molar-refractivity contribution in [1.82, 2.24) is 4.98 Å².